The van der Waals surface area contributed by atoms with Gasteiger partial charge in [0, 0.05) is 23.5 Å². The van der Waals surface area contributed by atoms with E-state index in [9.17, 15) is 14.9 Å². The van der Waals surface area contributed by atoms with E-state index in [2.05, 4.69) is 20.7 Å². The molecule has 1 N–H and O–H groups in total. The molecule has 11 heteroatoms. The zero-order valence-electron chi connectivity index (χ0n) is 19.7. The monoisotopic (exact) mass is 514 g/mol. The minimum atomic E-state index is -0.455. The van der Waals surface area contributed by atoms with E-state index in [-0.39, 0.29) is 17.3 Å². The number of nitrogens with zero attached hydrogens (tertiary/aromatic N) is 5. The van der Waals surface area contributed by atoms with Crippen LogP contribution in [-0.4, -0.2) is 44.7 Å². The molecular formula is C26H22N6O4S. The average Bonchev–Trinajstić information content (AvgIpc) is 3.36. The summed E-state index contributed by atoms with van der Waals surface area (Å²) >= 11 is 1.22. The minimum absolute atomic E-state index is 0.0107. The highest BCUT2D eigenvalue weighted by Gasteiger charge is 2.17. The second-order valence-corrected chi connectivity index (χ2v) is 8.43. The van der Waals surface area contributed by atoms with Crippen LogP contribution in [0.25, 0.3) is 23.2 Å². The van der Waals surface area contributed by atoms with Crippen LogP contribution in [-0.2, 0) is 4.79 Å². The lowest BCUT2D eigenvalue weighted by molar-refractivity contribution is -0.385. The first-order valence-corrected chi connectivity index (χ1v) is 12.1. The molecule has 4 aromatic rings. The van der Waals surface area contributed by atoms with Gasteiger partial charge in [-0.3, -0.25) is 19.5 Å². The Balaban J connectivity index is 1.43. The summed E-state index contributed by atoms with van der Waals surface area (Å²) in [5.74, 6) is 1.08. The molecule has 37 heavy (non-hydrogen) atoms. The van der Waals surface area contributed by atoms with Gasteiger partial charge in [0.1, 0.15) is 5.75 Å². The van der Waals surface area contributed by atoms with Crippen molar-refractivity contribution in [3.05, 3.63) is 101 Å². The van der Waals surface area contributed by atoms with Crippen LogP contribution in [0.3, 0.4) is 0 Å². The summed E-state index contributed by atoms with van der Waals surface area (Å²) in [6.45, 7) is 0. The summed E-state index contributed by atoms with van der Waals surface area (Å²) in [6.07, 6.45) is 4.42. The normalized spacial score (nSPS) is 11.2. The molecule has 186 valence electrons. The van der Waals surface area contributed by atoms with E-state index >= 15 is 0 Å². The molecule has 0 fully saturated rings. The van der Waals surface area contributed by atoms with Crippen LogP contribution in [0.5, 0.6) is 5.75 Å². The maximum absolute atomic E-state index is 12.4. The summed E-state index contributed by atoms with van der Waals surface area (Å²) in [5, 5.41) is 24.2. The molecule has 10 nitrogen and oxygen atoms in total. The second kappa shape index (κ2) is 12.3. The van der Waals surface area contributed by atoms with E-state index < -0.39 is 4.92 Å². The van der Waals surface area contributed by atoms with Crippen molar-refractivity contribution in [2.24, 2.45) is 5.10 Å². The number of hydrogen-bond donors (Lipinski definition) is 1. The van der Waals surface area contributed by atoms with E-state index in [1.54, 1.807) is 31.4 Å². The van der Waals surface area contributed by atoms with Gasteiger partial charge in [0.25, 0.3) is 11.6 Å². The molecule has 1 aromatic heterocycles. The maximum atomic E-state index is 12.4. The number of amides is 1. The number of ether oxygens (including phenoxy) is 1. The lowest BCUT2D eigenvalue weighted by Gasteiger charge is -2.11. The van der Waals surface area contributed by atoms with E-state index in [1.165, 1.54) is 30.1 Å². The van der Waals surface area contributed by atoms with Gasteiger partial charge < -0.3 is 4.74 Å². The lowest BCUT2D eigenvalue weighted by atomic mass is 10.2. The van der Waals surface area contributed by atoms with E-state index in [1.807, 2.05) is 59.2 Å². The summed E-state index contributed by atoms with van der Waals surface area (Å²) in [4.78, 5) is 23.0. The number of nitro groups is 1. The predicted molar refractivity (Wildman–Crippen MR) is 143 cm³/mol. The van der Waals surface area contributed by atoms with E-state index in [0.717, 1.165) is 17.0 Å². The molecule has 1 heterocycles. The summed E-state index contributed by atoms with van der Waals surface area (Å²) in [7, 11) is 1.60. The molecule has 1 amide bonds. The molecule has 4 rings (SSSR count). The van der Waals surface area contributed by atoms with Gasteiger partial charge in [0.15, 0.2) is 11.0 Å². The van der Waals surface area contributed by atoms with Crippen molar-refractivity contribution in [1.29, 1.82) is 0 Å². The van der Waals surface area contributed by atoms with Crippen LogP contribution >= 0.6 is 11.8 Å². The number of rotatable bonds is 10. The molecule has 0 aliphatic heterocycles. The van der Waals surface area contributed by atoms with Crippen LogP contribution in [0.15, 0.2) is 95.2 Å². The van der Waals surface area contributed by atoms with Crippen molar-refractivity contribution in [1.82, 2.24) is 20.2 Å². The number of benzene rings is 3. The van der Waals surface area contributed by atoms with Crippen molar-refractivity contribution in [2.45, 2.75) is 5.16 Å². The van der Waals surface area contributed by atoms with Gasteiger partial charge >= 0.3 is 0 Å². The highest BCUT2D eigenvalue weighted by Crippen LogP contribution is 2.28. The fourth-order valence-corrected chi connectivity index (χ4v) is 4.10. The number of nitro benzene ring substituents is 1. The SMILES string of the molecule is COc1ccc(-n2c(SCC(=O)N/N=C\C=C\c3ccccc3[N+](=O)[O-])nnc2-c2ccccc2)cc1. The zero-order chi connectivity index (χ0) is 26.0. The van der Waals surface area contributed by atoms with Gasteiger partial charge in [0.05, 0.1) is 23.3 Å². The predicted octanol–water partition coefficient (Wildman–Crippen LogP) is 4.76. The van der Waals surface area contributed by atoms with E-state index in [0.29, 0.717) is 16.5 Å². The van der Waals surface area contributed by atoms with Crippen LogP contribution in [0.4, 0.5) is 5.69 Å². The molecule has 0 spiro atoms. The topological polar surface area (TPSA) is 125 Å². The Morgan fingerprint density at radius 2 is 1.81 bits per heavy atom. The van der Waals surface area contributed by atoms with Gasteiger partial charge in [-0.15, -0.1) is 10.2 Å². The van der Waals surface area contributed by atoms with Crippen molar-refractivity contribution < 1.29 is 14.5 Å². The Labute approximate surface area is 216 Å². The molecule has 0 unspecified atom stereocenters. The van der Waals surface area contributed by atoms with Crippen LogP contribution in [0.2, 0.25) is 0 Å². The van der Waals surface area contributed by atoms with Crippen LogP contribution < -0.4 is 10.2 Å². The molecule has 0 aliphatic carbocycles. The summed E-state index contributed by atoms with van der Waals surface area (Å²) in [6, 6.07) is 23.5. The molecule has 0 radical (unpaired) electrons. The second-order valence-electron chi connectivity index (χ2n) is 7.48. The molecular weight excluding hydrogens is 492 g/mol. The number of thioether (sulfide) groups is 1. The molecule has 0 aliphatic rings. The third-order valence-electron chi connectivity index (χ3n) is 5.09. The molecule has 3 aromatic carbocycles. The minimum Gasteiger partial charge on any atom is -0.497 e. The van der Waals surface area contributed by atoms with Crippen molar-refractivity contribution >= 4 is 35.6 Å². The maximum Gasteiger partial charge on any atom is 0.276 e. The van der Waals surface area contributed by atoms with E-state index in [4.69, 9.17) is 4.74 Å². The number of allylic oxidation sites excluding steroid dienone is 1. The fraction of sp³-hybridized carbons (Fsp3) is 0.0769. The average molecular weight is 515 g/mol. The Bertz CT molecular complexity index is 1440. The number of methoxy groups -OCH3 is 1. The Hall–Kier alpha value is -4.77. The Morgan fingerprint density at radius 1 is 1.08 bits per heavy atom. The summed E-state index contributed by atoms with van der Waals surface area (Å²) in [5.41, 5.74) is 4.58. The zero-order valence-corrected chi connectivity index (χ0v) is 20.5. The molecule has 0 saturated heterocycles. The highest BCUT2D eigenvalue weighted by atomic mass is 32.2. The largest absolute Gasteiger partial charge is 0.497 e. The third kappa shape index (κ3) is 6.47. The van der Waals surface area contributed by atoms with Crippen LogP contribution in [0.1, 0.15) is 5.56 Å². The number of para-hydroxylation sites is 1. The smallest absolute Gasteiger partial charge is 0.276 e. The van der Waals surface area contributed by atoms with Crippen molar-refractivity contribution in [3.8, 4) is 22.8 Å². The Morgan fingerprint density at radius 3 is 2.54 bits per heavy atom. The fourth-order valence-electron chi connectivity index (χ4n) is 3.36. The van der Waals surface area contributed by atoms with Crippen LogP contribution in [0, 0.1) is 10.1 Å². The molecule has 0 atom stereocenters. The standard InChI is InChI=1S/C26H22N6O4S/c1-36-22-15-13-21(14-16-22)31-25(20-9-3-2-4-10-20)29-30-26(31)37-18-24(33)28-27-17-7-11-19-8-5-6-12-23(19)32(34)35/h2-17H,18H2,1H3,(H,28,33)/b11-7+,27-17-. The van der Waals surface area contributed by atoms with Gasteiger partial charge in [-0.1, -0.05) is 54.2 Å². The number of hydrogen-bond acceptors (Lipinski definition) is 8. The number of nitrogens with one attached hydrogen (secondary N) is 1. The van der Waals surface area contributed by atoms with Gasteiger partial charge in [-0.05, 0) is 42.5 Å². The number of carbonyl (C=O) groups excluding carboxylic acids is 1. The van der Waals surface area contributed by atoms with Gasteiger partial charge in [-0.25, -0.2) is 5.43 Å². The highest BCUT2D eigenvalue weighted by molar-refractivity contribution is 7.99. The first-order valence-electron chi connectivity index (χ1n) is 11.1. The quantitative estimate of drug-likeness (QED) is 0.140. The lowest BCUT2D eigenvalue weighted by Crippen LogP contribution is -2.19. The summed E-state index contributed by atoms with van der Waals surface area (Å²) < 4.78 is 7.14. The van der Waals surface area contributed by atoms with Crippen molar-refractivity contribution in [3.63, 3.8) is 0 Å². The Kier molecular flexibility index (Phi) is 8.40. The van der Waals surface area contributed by atoms with Gasteiger partial charge in [-0.2, -0.15) is 5.10 Å². The first-order chi connectivity index (χ1) is 18.1. The number of hydrazone groups is 1. The van der Waals surface area contributed by atoms with Gasteiger partial charge in [0.2, 0.25) is 0 Å². The van der Waals surface area contributed by atoms with Crippen molar-refractivity contribution in [2.75, 3.05) is 12.9 Å². The number of aromatic nitrogens is 3. The number of carbonyl (C=O) groups is 1. The third-order valence-corrected chi connectivity index (χ3v) is 6.02. The first kappa shape index (κ1) is 25.3. The molecule has 0 bridgehead atoms. The molecule has 0 saturated carbocycles.